The third-order valence-electron chi connectivity index (χ3n) is 4.53. The monoisotopic (exact) mass is 331 g/mol. The molecule has 2 N–H and O–H groups in total. The molecule has 1 atom stereocenters. The lowest BCUT2D eigenvalue weighted by molar-refractivity contribution is 0.596. The van der Waals surface area contributed by atoms with Crippen molar-refractivity contribution in [2.45, 2.75) is 13.0 Å². The van der Waals surface area contributed by atoms with Crippen LogP contribution < -0.4 is 11.2 Å². The molecular formula is C20H17N3O2. The fourth-order valence-corrected chi connectivity index (χ4v) is 3.09. The number of hydrogen-bond donors (Lipinski definition) is 2. The number of nitrogens with zero attached hydrogens (tertiary/aromatic N) is 1. The lowest BCUT2D eigenvalue weighted by Gasteiger charge is -2.16. The van der Waals surface area contributed by atoms with E-state index in [9.17, 15) is 9.59 Å². The van der Waals surface area contributed by atoms with Crippen LogP contribution in [0.25, 0.3) is 22.0 Å². The van der Waals surface area contributed by atoms with E-state index in [1.54, 1.807) is 10.8 Å². The smallest absolute Gasteiger partial charge is 0.328 e. The average Bonchev–Trinajstić information content (AvgIpc) is 3.10. The first kappa shape index (κ1) is 15.2. The molecule has 0 spiro atoms. The van der Waals surface area contributed by atoms with Crippen molar-refractivity contribution in [3.8, 4) is 11.1 Å². The van der Waals surface area contributed by atoms with Gasteiger partial charge in [0.25, 0.3) is 5.56 Å². The maximum atomic E-state index is 12.3. The summed E-state index contributed by atoms with van der Waals surface area (Å²) in [5, 5.41) is 1.02. The first-order chi connectivity index (χ1) is 12.1. The zero-order valence-electron chi connectivity index (χ0n) is 13.7. The standard InChI is InChI=1S/C20H17N3O2/c1-13(14-5-3-2-4-6-14)23-12-17(19(24)22-20(23)25)15-7-8-18-16(11-15)9-10-21-18/h2-13,21H,1H3,(H,22,24,25). The number of aromatic amines is 2. The summed E-state index contributed by atoms with van der Waals surface area (Å²) in [5.41, 5.74) is 2.48. The van der Waals surface area contributed by atoms with Crippen molar-refractivity contribution >= 4 is 10.9 Å². The molecule has 0 bridgehead atoms. The Morgan fingerprint density at radius 3 is 2.60 bits per heavy atom. The molecule has 25 heavy (non-hydrogen) atoms. The number of fused-ring (bicyclic) bond motifs is 1. The van der Waals surface area contributed by atoms with Crippen LogP contribution in [-0.4, -0.2) is 14.5 Å². The van der Waals surface area contributed by atoms with Gasteiger partial charge < -0.3 is 4.98 Å². The maximum Gasteiger partial charge on any atom is 0.328 e. The molecule has 4 rings (SSSR count). The van der Waals surface area contributed by atoms with Crippen molar-refractivity contribution in [3.63, 3.8) is 0 Å². The molecule has 0 aliphatic rings. The Hall–Kier alpha value is -3.34. The number of hydrogen-bond acceptors (Lipinski definition) is 2. The Morgan fingerprint density at radius 1 is 1.00 bits per heavy atom. The Balaban J connectivity index is 1.86. The van der Waals surface area contributed by atoms with Crippen LogP contribution in [0.2, 0.25) is 0 Å². The highest BCUT2D eigenvalue weighted by Gasteiger charge is 2.13. The van der Waals surface area contributed by atoms with E-state index in [4.69, 9.17) is 0 Å². The number of benzene rings is 2. The predicted octanol–water partition coefficient (Wildman–Crippen LogP) is 3.29. The van der Waals surface area contributed by atoms with Gasteiger partial charge in [0.15, 0.2) is 0 Å². The molecule has 0 amide bonds. The van der Waals surface area contributed by atoms with E-state index >= 15 is 0 Å². The summed E-state index contributed by atoms with van der Waals surface area (Å²) >= 11 is 0. The van der Waals surface area contributed by atoms with E-state index < -0.39 is 5.69 Å². The average molecular weight is 331 g/mol. The van der Waals surface area contributed by atoms with Crippen LogP contribution in [0.5, 0.6) is 0 Å². The molecule has 2 aromatic heterocycles. The molecule has 0 saturated carbocycles. The first-order valence-electron chi connectivity index (χ1n) is 8.11. The normalized spacial score (nSPS) is 12.4. The quantitative estimate of drug-likeness (QED) is 0.605. The summed E-state index contributed by atoms with van der Waals surface area (Å²) in [6.07, 6.45) is 3.50. The van der Waals surface area contributed by atoms with Crippen molar-refractivity contribution < 1.29 is 0 Å². The highest BCUT2D eigenvalue weighted by atomic mass is 16.2. The predicted molar refractivity (Wildman–Crippen MR) is 98.9 cm³/mol. The Kier molecular flexibility index (Phi) is 3.61. The van der Waals surface area contributed by atoms with Gasteiger partial charge in [-0.05, 0) is 41.6 Å². The summed E-state index contributed by atoms with van der Waals surface area (Å²) in [7, 11) is 0. The largest absolute Gasteiger partial charge is 0.361 e. The van der Waals surface area contributed by atoms with Crippen molar-refractivity contribution in [1.82, 2.24) is 14.5 Å². The van der Waals surface area contributed by atoms with Gasteiger partial charge in [-0.1, -0.05) is 36.4 Å². The fraction of sp³-hybridized carbons (Fsp3) is 0.100. The molecular weight excluding hydrogens is 314 g/mol. The second-order valence-electron chi connectivity index (χ2n) is 6.08. The maximum absolute atomic E-state index is 12.3. The fourth-order valence-electron chi connectivity index (χ4n) is 3.09. The number of aromatic nitrogens is 3. The molecule has 0 aliphatic heterocycles. The molecule has 2 heterocycles. The van der Waals surface area contributed by atoms with E-state index in [1.165, 1.54) is 0 Å². The van der Waals surface area contributed by atoms with Crippen LogP contribution in [0.4, 0.5) is 0 Å². The van der Waals surface area contributed by atoms with E-state index in [-0.39, 0.29) is 11.6 Å². The van der Waals surface area contributed by atoms with Gasteiger partial charge in [-0.25, -0.2) is 4.79 Å². The highest BCUT2D eigenvalue weighted by molar-refractivity contribution is 5.84. The third kappa shape index (κ3) is 2.70. The van der Waals surface area contributed by atoms with Crippen LogP contribution in [-0.2, 0) is 0 Å². The van der Waals surface area contributed by atoms with Crippen LogP contribution in [0, 0.1) is 0 Å². The van der Waals surface area contributed by atoms with Gasteiger partial charge in [0.1, 0.15) is 0 Å². The van der Waals surface area contributed by atoms with Crippen molar-refractivity contribution in [3.05, 3.63) is 93.4 Å². The topological polar surface area (TPSA) is 70.7 Å². The molecule has 2 aromatic carbocycles. The lowest BCUT2D eigenvalue weighted by atomic mass is 10.1. The molecule has 1 unspecified atom stereocenters. The van der Waals surface area contributed by atoms with E-state index in [2.05, 4.69) is 9.97 Å². The molecule has 5 heteroatoms. The molecule has 5 nitrogen and oxygen atoms in total. The zero-order chi connectivity index (χ0) is 17.4. The summed E-state index contributed by atoms with van der Waals surface area (Å²) in [4.78, 5) is 30.2. The third-order valence-corrected chi connectivity index (χ3v) is 4.53. The highest BCUT2D eigenvalue weighted by Crippen LogP contribution is 2.22. The van der Waals surface area contributed by atoms with E-state index in [1.807, 2.05) is 67.7 Å². The van der Waals surface area contributed by atoms with Crippen molar-refractivity contribution in [1.29, 1.82) is 0 Å². The van der Waals surface area contributed by atoms with Gasteiger partial charge in [0, 0.05) is 17.9 Å². The number of H-pyrrole nitrogens is 2. The summed E-state index contributed by atoms with van der Waals surface area (Å²) < 4.78 is 1.56. The second-order valence-corrected chi connectivity index (χ2v) is 6.08. The van der Waals surface area contributed by atoms with Gasteiger partial charge in [0.05, 0.1) is 11.6 Å². The molecule has 0 aliphatic carbocycles. The zero-order valence-corrected chi connectivity index (χ0v) is 13.7. The summed E-state index contributed by atoms with van der Waals surface area (Å²) in [6.45, 7) is 1.94. The minimum absolute atomic E-state index is 0.180. The Bertz CT molecular complexity index is 1150. The summed E-state index contributed by atoms with van der Waals surface area (Å²) in [6, 6.07) is 17.3. The van der Waals surface area contributed by atoms with Crippen LogP contribution >= 0.6 is 0 Å². The van der Waals surface area contributed by atoms with Gasteiger partial charge in [-0.15, -0.1) is 0 Å². The lowest BCUT2D eigenvalue weighted by Crippen LogP contribution is -2.32. The SMILES string of the molecule is CC(c1ccccc1)n1cc(-c2ccc3[nH]ccc3c2)c(=O)[nH]c1=O. The first-order valence-corrected chi connectivity index (χ1v) is 8.11. The van der Waals surface area contributed by atoms with Crippen LogP contribution in [0.1, 0.15) is 18.5 Å². The van der Waals surface area contributed by atoms with Crippen LogP contribution in [0.3, 0.4) is 0 Å². The molecule has 0 saturated heterocycles. The van der Waals surface area contributed by atoms with Gasteiger partial charge >= 0.3 is 5.69 Å². The molecule has 0 fully saturated rings. The second kappa shape index (κ2) is 5.94. The minimum Gasteiger partial charge on any atom is -0.361 e. The Morgan fingerprint density at radius 2 is 1.80 bits per heavy atom. The Labute approximate surface area is 143 Å². The van der Waals surface area contributed by atoms with Crippen molar-refractivity contribution in [2.24, 2.45) is 0 Å². The van der Waals surface area contributed by atoms with Gasteiger partial charge in [0.2, 0.25) is 0 Å². The minimum atomic E-state index is -0.409. The molecule has 0 radical (unpaired) electrons. The van der Waals surface area contributed by atoms with Crippen molar-refractivity contribution in [2.75, 3.05) is 0 Å². The van der Waals surface area contributed by atoms with Gasteiger partial charge in [-0.2, -0.15) is 0 Å². The summed E-state index contributed by atoms with van der Waals surface area (Å²) in [5.74, 6) is 0. The molecule has 4 aromatic rings. The van der Waals surface area contributed by atoms with Crippen LogP contribution in [0.15, 0.2) is 76.6 Å². The molecule has 124 valence electrons. The van der Waals surface area contributed by atoms with Gasteiger partial charge in [-0.3, -0.25) is 14.3 Å². The van der Waals surface area contributed by atoms with E-state index in [0.29, 0.717) is 5.56 Å². The number of nitrogens with one attached hydrogen (secondary N) is 2. The van der Waals surface area contributed by atoms with E-state index in [0.717, 1.165) is 22.0 Å². The number of rotatable bonds is 3.